The second-order valence-corrected chi connectivity index (χ2v) is 6.23. The van der Waals surface area contributed by atoms with Gasteiger partial charge in [0.25, 0.3) is 5.91 Å². The third kappa shape index (κ3) is 4.35. The van der Waals surface area contributed by atoms with Crippen LogP contribution in [0.5, 0.6) is 0 Å². The molecule has 1 saturated carbocycles. The Morgan fingerprint density at radius 1 is 1.43 bits per heavy atom. The molecule has 0 spiro atoms. The van der Waals surface area contributed by atoms with Gasteiger partial charge < -0.3 is 10.1 Å². The van der Waals surface area contributed by atoms with Crippen molar-refractivity contribution in [1.29, 1.82) is 0 Å². The minimum Gasteiger partial charge on any atom is -0.455 e. The van der Waals surface area contributed by atoms with Gasteiger partial charge in [0.05, 0.1) is 12.0 Å². The standard InChI is InChI=1S/C15H17Cl2NO3/c1-8-5-12(8)15(20)21-7-14(19)18-9(2)11-4-3-10(16)6-13(11)17/h3-4,6,8-9,12H,5,7H2,1-2H3,(H,18,19)/t8-,9-,12+/m0/s1. The molecular weight excluding hydrogens is 313 g/mol. The molecule has 0 heterocycles. The zero-order valence-corrected chi connectivity index (χ0v) is 13.4. The summed E-state index contributed by atoms with van der Waals surface area (Å²) in [4.78, 5) is 23.3. The van der Waals surface area contributed by atoms with Gasteiger partial charge >= 0.3 is 5.97 Å². The second-order valence-electron chi connectivity index (χ2n) is 5.38. The van der Waals surface area contributed by atoms with Crippen molar-refractivity contribution in [2.75, 3.05) is 6.61 Å². The average Bonchev–Trinajstić information content (AvgIpc) is 3.13. The Balaban J connectivity index is 1.82. The van der Waals surface area contributed by atoms with Gasteiger partial charge in [0.2, 0.25) is 0 Å². The minimum absolute atomic E-state index is 0.0408. The summed E-state index contributed by atoms with van der Waals surface area (Å²) in [5, 5.41) is 3.76. The number of halogens is 2. The summed E-state index contributed by atoms with van der Waals surface area (Å²) in [6.45, 7) is 3.52. The van der Waals surface area contributed by atoms with Gasteiger partial charge in [0.15, 0.2) is 6.61 Å². The fraction of sp³-hybridized carbons (Fsp3) is 0.467. The maximum Gasteiger partial charge on any atom is 0.309 e. The Labute approximate surface area is 133 Å². The van der Waals surface area contributed by atoms with E-state index in [2.05, 4.69) is 5.32 Å². The lowest BCUT2D eigenvalue weighted by atomic mass is 10.1. The van der Waals surface area contributed by atoms with Crippen molar-refractivity contribution in [3.05, 3.63) is 33.8 Å². The molecule has 0 aromatic heterocycles. The van der Waals surface area contributed by atoms with Crippen LogP contribution in [0.3, 0.4) is 0 Å². The van der Waals surface area contributed by atoms with Crippen LogP contribution in [0.1, 0.15) is 31.9 Å². The maximum atomic E-state index is 11.8. The van der Waals surface area contributed by atoms with E-state index in [4.69, 9.17) is 27.9 Å². The highest BCUT2D eigenvalue weighted by Crippen LogP contribution is 2.38. The molecule has 21 heavy (non-hydrogen) atoms. The lowest BCUT2D eigenvalue weighted by Crippen LogP contribution is -2.31. The predicted octanol–water partition coefficient (Wildman–Crippen LogP) is 3.37. The first-order chi connectivity index (χ1) is 9.88. The third-order valence-corrected chi connectivity index (χ3v) is 4.13. The van der Waals surface area contributed by atoms with Crippen LogP contribution < -0.4 is 5.32 Å². The van der Waals surface area contributed by atoms with Gasteiger partial charge in [-0.1, -0.05) is 36.2 Å². The molecule has 114 valence electrons. The molecule has 3 atom stereocenters. The highest BCUT2D eigenvalue weighted by atomic mass is 35.5. The average molecular weight is 330 g/mol. The lowest BCUT2D eigenvalue weighted by molar-refractivity contribution is -0.150. The van der Waals surface area contributed by atoms with Crippen LogP contribution in [0.15, 0.2) is 18.2 Å². The monoisotopic (exact) mass is 329 g/mol. The highest BCUT2D eigenvalue weighted by molar-refractivity contribution is 6.35. The van der Waals surface area contributed by atoms with Crippen LogP contribution in [-0.2, 0) is 14.3 Å². The quantitative estimate of drug-likeness (QED) is 0.842. The van der Waals surface area contributed by atoms with E-state index in [0.717, 1.165) is 12.0 Å². The van der Waals surface area contributed by atoms with E-state index in [1.165, 1.54) is 0 Å². The molecular formula is C15H17Cl2NO3. The molecule has 0 unspecified atom stereocenters. The number of benzene rings is 1. The molecule has 0 saturated heterocycles. The number of carbonyl (C=O) groups excluding carboxylic acids is 2. The number of rotatable bonds is 5. The number of hydrogen-bond acceptors (Lipinski definition) is 3. The van der Waals surface area contributed by atoms with Crippen LogP contribution in [0.25, 0.3) is 0 Å². The van der Waals surface area contributed by atoms with Gasteiger partial charge in [-0.25, -0.2) is 0 Å². The zero-order chi connectivity index (χ0) is 15.6. The number of amides is 1. The van der Waals surface area contributed by atoms with E-state index >= 15 is 0 Å². The third-order valence-electron chi connectivity index (χ3n) is 3.56. The Kier molecular flexibility index (Phi) is 5.12. The van der Waals surface area contributed by atoms with Crippen molar-refractivity contribution in [2.24, 2.45) is 11.8 Å². The lowest BCUT2D eigenvalue weighted by Gasteiger charge is -2.16. The smallest absolute Gasteiger partial charge is 0.309 e. The van der Waals surface area contributed by atoms with Crippen LogP contribution in [0, 0.1) is 11.8 Å². The Morgan fingerprint density at radius 3 is 2.67 bits per heavy atom. The summed E-state index contributed by atoms with van der Waals surface area (Å²) in [6.07, 6.45) is 0.844. The second kappa shape index (κ2) is 6.67. The van der Waals surface area contributed by atoms with Crippen LogP contribution in [0.2, 0.25) is 10.0 Å². The topological polar surface area (TPSA) is 55.4 Å². The summed E-state index contributed by atoms with van der Waals surface area (Å²) in [5.41, 5.74) is 0.761. The molecule has 1 aliphatic carbocycles. The fourth-order valence-corrected chi connectivity index (χ4v) is 2.68. The van der Waals surface area contributed by atoms with E-state index in [1.807, 2.05) is 6.92 Å². The highest BCUT2D eigenvalue weighted by Gasteiger charge is 2.40. The number of hydrogen-bond donors (Lipinski definition) is 1. The summed E-state index contributed by atoms with van der Waals surface area (Å²) in [6, 6.07) is 4.80. The van der Waals surface area contributed by atoms with Gasteiger partial charge in [-0.2, -0.15) is 0 Å². The molecule has 4 nitrogen and oxygen atoms in total. The van der Waals surface area contributed by atoms with Crippen LogP contribution in [0.4, 0.5) is 0 Å². The first-order valence-corrected chi connectivity index (χ1v) is 7.55. The summed E-state index contributed by atoms with van der Waals surface area (Å²) in [7, 11) is 0. The maximum absolute atomic E-state index is 11.8. The zero-order valence-electron chi connectivity index (χ0n) is 11.9. The Hall–Kier alpha value is -1.26. The largest absolute Gasteiger partial charge is 0.455 e. The molecule has 0 radical (unpaired) electrons. The van der Waals surface area contributed by atoms with Crippen LogP contribution in [-0.4, -0.2) is 18.5 Å². The normalized spacial score (nSPS) is 21.5. The van der Waals surface area contributed by atoms with E-state index in [1.54, 1.807) is 25.1 Å². The first-order valence-electron chi connectivity index (χ1n) is 6.79. The summed E-state index contributed by atoms with van der Waals surface area (Å²) in [5.74, 6) is -0.321. The molecule has 1 fully saturated rings. The van der Waals surface area contributed by atoms with Crippen molar-refractivity contribution in [1.82, 2.24) is 5.32 Å². The summed E-state index contributed by atoms with van der Waals surface area (Å²) < 4.78 is 4.98. The van der Waals surface area contributed by atoms with Crippen molar-refractivity contribution >= 4 is 35.1 Å². The van der Waals surface area contributed by atoms with Crippen molar-refractivity contribution < 1.29 is 14.3 Å². The molecule has 1 aromatic rings. The molecule has 1 amide bonds. The number of nitrogens with one attached hydrogen (secondary N) is 1. The SMILES string of the molecule is C[C@H](NC(=O)COC(=O)[C@@H]1C[C@@H]1C)c1ccc(Cl)cc1Cl. The molecule has 1 aliphatic rings. The van der Waals surface area contributed by atoms with E-state index < -0.39 is 0 Å². The molecule has 6 heteroatoms. The molecule has 0 aliphatic heterocycles. The molecule has 2 rings (SSSR count). The van der Waals surface area contributed by atoms with Gasteiger partial charge in [0, 0.05) is 10.0 Å². The molecule has 0 bridgehead atoms. The van der Waals surface area contributed by atoms with Crippen molar-refractivity contribution in [2.45, 2.75) is 26.3 Å². The van der Waals surface area contributed by atoms with Crippen molar-refractivity contribution in [3.8, 4) is 0 Å². The Morgan fingerprint density at radius 2 is 2.10 bits per heavy atom. The Bertz CT molecular complexity index is 562. The van der Waals surface area contributed by atoms with Crippen LogP contribution >= 0.6 is 23.2 Å². The van der Waals surface area contributed by atoms with Gasteiger partial charge in [-0.15, -0.1) is 0 Å². The number of carbonyl (C=O) groups is 2. The van der Waals surface area contributed by atoms with E-state index in [9.17, 15) is 9.59 Å². The van der Waals surface area contributed by atoms with Gasteiger partial charge in [-0.3, -0.25) is 9.59 Å². The van der Waals surface area contributed by atoms with Gasteiger partial charge in [-0.05, 0) is 37.0 Å². The number of ether oxygens (including phenoxy) is 1. The van der Waals surface area contributed by atoms with Gasteiger partial charge in [0.1, 0.15) is 0 Å². The fourth-order valence-electron chi connectivity index (χ4n) is 2.11. The summed E-state index contributed by atoms with van der Waals surface area (Å²) >= 11 is 11.9. The minimum atomic E-state index is -0.352. The number of esters is 1. The predicted molar refractivity (Wildman–Crippen MR) is 81.2 cm³/mol. The first kappa shape index (κ1) is 16.1. The van der Waals surface area contributed by atoms with Crippen molar-refractivity contribution in [3.63, 3.8) is 0 Å². The van der Waals surface area contributed by atoms with E-state index in [0.29, 0.717) is 16.0 Å². The van der Waals surface area contributed by atoms with E-state index in [-0.39, 0.29) is 30.4 Å². The molecule has 1 N–H and O–H groups in total. The molecule has 1 aromatic carbocycles.